The highest BCUT2D eigenvalue weighted by Gasteiger charge is 2.34. The molecule has 1 aromatic carbocycles. The predicted molar refractivity (Wildman–Crippen MR) is 87.4 cm³/mol. The van der Waals surface area contributed by atoms with Gasteiger partial charge in [-0.2, -0.15) is 0 Å². The Kier molecular flexibility index (Phi) is 3.59. The zero-order valence-electron chi connectivity index (χ0n) is 12.2. The van der Waals surface area contributed by atoms with Gasteiger partial charge in [0.25, 0.3) is 0 Å². The Morgan fingerprint density at radius 2 is 2.05 bits per heavy atom. The number of anilines is 1. The number of morpholine rings is 1. The highest BCUT2D eigenvalue weighted by Crippen LogP contribution is 2.35. The minimum Gasteiger partial charge on any atom is -0.371 e. The van der Waals surface area contributed by atoms with Gasteiger partial charge >= 0.3 is 0 Å². The van der Waals surface area contributed by atoms with E-state index >= 15 is 0 Å². The fourth-order valence-corrected chi connectivity index (χ4v) is 4.28. The van der Waals surface area contributed by atoms with E-state index in [0.29, 0.717) is 17.8 Å². The molecule has 0 aliphatic carbocycles. The van der Waals surface area contributed by atoms with Crippen molar-refractivity contribution in [3.05, 3.63) is 33.9 Å². The number of benzene rings is 1. The van der Waals surface area contributed by atoms with Crippen LogP contribution >= 0.6 is 22.9 Å². The summed E-state index contributed by atoms with van der Waals surface area (Å²) in [5.74, 6) is -0.363. The molecule has 2 saturated heterocycles. The van der Waals surface area contributed by atoms with Crippen molar-refractivity contribution >= 4 is 28.1 Å². The first-order chi connectivity index (χ1) is 10.6. The van der Waals surface area contributed by atoms with Crippen LogP contribution in [-0.4, -0.2) is 30.3 Å². The van der Waals surface area contributed by atoms with Gasteiger partial charge in [0.15, 0.2) is 5.13 Å². The highest BCUT2D eigenvalue weighted by atomic mass is 35.5. The predicted octanol–water partition coefficient (Wildman–Crippen LogP) is 4.28. The topological polar surface area (TPSA) is 25.4 Å². The lowest BCUT2D eigenvalue weighted by Gasteiger charge is -2.31. The summed E-state index contributed by atoms with van der Waals surface area (Å²) in [4.78, 5) is 7.00. The first-order valence-electron chi connectivity index (χ1n) is 7.42. The van der Waals surface area contributed by atoms with Gasteiger partial charge in [0.1, 0.15) is 5.82 Å². The third-order valence-corrected chi connectivity index (χ3v) is 5.61. The number of halogens is 2. The minimum atomic E-state index is -0.363. The molecule has 3 heterocycles. The van der Waals surface area contributed by atoms with Crippen LogP contribution in [0.5, 0.6) is 0 Å². The lowest BCUT2D eigenvalue weighted by atomic mass is 10.1. The van der Waals surface area contributed by atoms with Gasteiger partial charge in [-0.15, -0.1) is 11.3 Å². The number of nitrogens with zero attached hydrogens (tertiary/aromatic N) is 2. The third kappa shape index (κ3) is 2.41. The van der Waals surface area contributed by atoms with Crippen molar-refractivity contribution in [2.24, 2.45) is 0 Å². The van der Waals surface area contributed by atoms with Gasteiger partial charge in [-0.1, -0.05) is 17.7 Å². The van der Waals surface area contributed by atoms with Crippen molar-refractivity contribution in [3.63, 3.8) is 0 Å². The summed E-state index contributed by atoms with van der Waals surface area (Å²) in [5.41, 5.74) is 2.17. The van der Waals surface area contributed by atoms with E-state index in [0.717, 1.165) is 42.3 Å². The smallest absolute Gasteiger partial charge is 0.186 e. The Morgan fingerprint density at radius 1 is 1.32 bits per heavy atom. The average molecular weight is 339 g/mol. The minimum absolute atomic E-state index is 0.154. The molecule has 2 aliphatic rings. The Bertz CT molecular complexity index is 708. The summed E-state index contributed by atoms with van der Waals surface area (Å²) >= 11 is 7.43. The number of fused-ring (bicyclic) bond motifs is 2. The highest BCUT2D eigenvalue weighted by molar-refractivity contribution is 7.14. The summed E-state index contributed by atoms with van der Waals surface area (Å²) in [6.45, 7) is 3.54. The molecule has 116 valence electrons. The molecule has 0 N–H and O–H groups in total. The van der Waals surface area contributed by atoms with Crippen molar-refractivity contribution in [2.75, 3.05) is 18.0 Å². The third-order valence-electron chi connectivity index (χ3n) is 4.42. The Morgan fingerprint density at radius 3 is 2.77 bits per heavy atom. The SMILES string of the molecule is Cc1c(-c2csc(N3CC4CC[C@H](C3)O4)n2)ccc(Cl)c1F. The molecule has 0 amide bonds. The normalized spacial score (nSPS) is 24.0. The molecule has 0 radical (unpaired) electrons. The summed E-state index contributed by atoms with van der Waals surface area (Å²) in [6.07, 6.45) is 2.95. The van der Waals surface area contributed by atoms with E-state index in [-0.39, 0.29) is 10.8 Å². The van der Waals surface area contributed by atoms with Crippen molar-refractivity contribution in [3.8, 4) is 11.3 Å². The van der Waals surface area contributed by atoms with Gasteiger partial charge in [0.2, 0.25) is 0 Å². The molecule has 3 nitrogen and oxygen atoms in total. The maximum Gasteiger partial charge on any atom is 0.186 e. The summed E-state index contributed by atoms with van der Waals surface area (Å²) < 4.78 is 19.8. The quantitative estimate of drug-likeness (QED) is 0.817. The molecular formula is C16H16ClFN2OS. The molecule has 2 aromatic rings. The van der Waals surface area contributed by atoms with Gasteiger partial charge in [-0.25, -0.2) is 9.37 Å². The summed E-state index contributed by atoms with van der Waals surface area (Å²) in [7, 11) is 0. The van der Waals surface area contributed by atoms with Gasteiger partial charge < -0.3 is 9.64 Å². The van der Waals surface area contributed by atoms with Crippen molar-refractivity contribution in [1.82, 2.24) is 4.98 Å². The molecule has 6 heteroatoms. The molecule has 2 aliphatic heterocycles. The van der Waals surface area contributed by atoms with Crippen LogP contribution in [-0.2, 0) is 4.74 Å². The molecule has 1 aromatic heterocycles. The van der Waals surface area contributed by atoms with Crippen LogP contribution in [0.2, 0.25) is 5.02 Å². The Balaban J connectivity index is 1.63. The molecule has 2 bridgehead atoms. The lowest BCUT2D eigenvalue weighted by molar-refractivity contribution is 0.0305. The molecule has 4 rings (SSSR count). The van der Waals surface area contributed by atoms with Crippen LogP contribution < -0.4 is 4.90 Å². The van der Waals surface area contributed by atoms with Crippen LogP contribution in [0.4, 0.5) is 9.52 Å². The van der Waals surface area contributed by atoms with E-state index < -0.39 is 0 Å². The van der Waals surface area contributed by atoms with Crippen LogP contribution in [0, 0.1) is 12.7 Å². The number of thiazole rings is 1. The second-order valence-corrected chi connectivity index (χ2v) is 7.16. The number of aromatic nitrogens is 1. The molecule has 22 heavy (non-hydrogen) atoms. The monoisotopic (exact) mass is 338 g/mol. The van der Waals surface area contributed by atoms with Crippen LogP contribution in [0.25, 0.3) is 11.3 Å². The van der Waals surface area contributed by atoms with Crippen molar-refractivity contribution in [1.29, 1.82) is 0 Å². The van der Waals surface area contributed by atoms with E-state index in [1.165, 1.54) is 0 Å². The second kappa shape index (κ2) is 5.48. The average Bonchev–Trinajstić information content (AvgIpc) is 3.12. The van der Waals surface area contributed by atoms with E-state index in [2.05, 4.69) is 4.90 Å². The van der Waals surface area contributed by atoms with E-state index in [1.54, 1.807) is 24.3 Å². The second-order valence-electron chi connectivity index (χ2n) is 5.91. The molecule has 0 spiro atoms. The van der Waals surface area contributed by atoms with Gasteiger partial charge in [0, 0.05) is 24.0 Å². The van der Waals surface area contributed by atoms with Crippen molar-refractivity contribution < 1.29 is 9.13 Å². The summed E-state index contributed by atoms with van der Waals surface area (Å²) in [6, 6.07) is 3.43. The molecule has 2 fully saturated rings. The van der Waals surface area contributed by atoms with E-state index in [9.17, 15) is 4.39 Å². The van der Waals surface area contributed by atoms with Crippen LogP contribution in [0.3, 0.4) is 0 Å². The van der Waals surface area contributed by atoms with Gasteiger partial charge in [-0.3, -0.25) is 0 Å². The zero-order chi connectivity index (χ0) is 15.3. The molecule has 0 saturated carbocycles. The number of hydrogen-bond donors (Lipinski definition) is 0. The fourth-order valence-electron chi connectivity index (χ4n) is 3.23. The van der Waals surface area contributed by atoms with Crippen LogP contribution in [0.1, 0.15) is 18.4 Å². The van der Waals surface area contributed by atoms with Gasteiger partial charge in [-0.05, 0) is 31.4 Å². The lowest BCUT2D eigenvalue weighted by Crippen LogP contribution is -2.42. The largest absolute Gasteiger partial charge is 0.371 e. The maximum atomic E-state index is 14.0. The summed E-state index contributed by atoms with van der Waals surface area (Å²) in [5, 5.41) is 3.13. The number of rotatable bonds is 2. The first kappa shape index (κ1) is 14.4. The van der Waals surface area contributed by atoms with Crippen molar-refractivity contribution in [2.45, 2.75) is 32.0 Å². The molecule has 2 atom stereocenters. The Labute approximate surface area is 137 Å². The standard InChI is InChI=1S/C16H16ClFN2OS/c1-9-12(4-5-13(17)15(9)18)14-8-22-16(19-14)20-6-10-2-3-11(7-20)21-10/h4-5,8,10-11H,2-3,6-7H2,1H3/t10-,11?/m1/s1. The van der Waals surface area contributed by atoms with Crippen LogP contribution in [0.15, 0.2) is 17.5 Å². The first-order valence-corrected chi connectivity index (χ1v) is 8.68. The van der Waals surface area contributed by atoms with E-state index in [4.69, 9.17) is 21.3 Å². The maximum absolute atomic E-state index is 14.0. The number of hydrogen-bond acceptors (Lipinski definition) is 4. The fraction of sp³-hybridized carbons (Fsp3) is 0.438. The van der Waals surface area contributed by atoms with Gasteiger partial charge in [0.05, 0.1) is 22.9 Å². The molecule has 1 unspecified atom stereocenters. The Hall–Kier alpha value is -1.17. The van der Waals surface area contributed by atoms with E-state index in [1.807, 2.05) is 11.4 Å². The molecular weight excluding hydrogens is 323 g/mol. The zero-order valence-corrected chi connectivity index (χ0v) is 13.8. The number of ether oxygens (including phenoxy) is 1.